The Morgan fingerprint density at radius 1 is 0.833 bits per heavy atom. The van der Waals surface area contributed by atoms with Crippen LogP contribution in [-0.2, 0) is 19.1 Å². The summed E-state index contributed by atoms with van der Waals surface area (Å²) in [5, 5.41) is 58.4. The van der Waals surface area contributed by atoms with E-state index in [0.717, 1.165) is 0 Å². The molecule has 0 rings (SSSR count). The maximum Gasteiger partial charge on any atom is 0.307 e. The van der Waals surface area contributed by atoms with E-state index < -0.39 is 67.2 Å². The van der Waals surface area contributed by atoms with Crippen molar-refractivity contribution in [1.82, 2.24) is 0 Å². The van der Waals surface area contributed by atoms with Gasteiger partial charge in [0, 0.05) is 13.0 Å². The molecular weight excluding hydrogens is 474 g/mol. The molecule has 0 aliphatic rings. The fraction of sp³-hybridized carbons (Fsp3) is 0.880. The molecule has 0 spiro atoms. The lowest BCUT2D eigenvalue weighted by molar-refractivity contribution is -0.165. The number of carbonyl (C=O) groups is 3. The Balaban J connectivity index is 4.68. The van der Waals surface area contributed by atoms with Crippen LogP contribution < -0.4 is 5.73 Å². The lowest BCUT2D eigenvalue weighted by atomic mass is 9.88. The normalized spacial score (nSPS) is 18.3. The molecule has 8 atom stereocenters. The minimum atomic E-state index is -1.41. The van der Waals surface area contributed by atoms with E-state index in [1.165, 1.54) is 0 Å². The van der Waals surface area contributed by atoms with Crippen LogP contribution in [0.15, 0.2) is 0 Å². The highest BCUT2D eigenvalue weighted by Gasteiger charge is 2.32. The van der Waals surface area contributed by atoms with E-state index in [1.54, 1.807) is 6.92 Å². The van der Waals surface area contributed by atoms with Gasteiger partial charge in [0.05, 0.1) is 43.2 Å². The average molecular weight is 522 g/mol. The first-order valence-electron chi connectivity index (χ1n) is 12.9. The number of unbranched alkanes of at least 4 members (excludes halogenated alkanes) is 1. The predicted molar refractivity (Wildman–Crippen MR) is 132 cm³/mol. The zero-order valence-electron chi connectivity index (χ0n) is 21.8. The highest BCUT2D eigenvalue weighted by molar-refractivity contribution is 5.82. The Kier molecular flexibility index (Phi) is 17.5. The molecule has 0 amide bonds. The second kappa shape index (κ2) is 18.5. The van der Waals surface area contributed by atoms with Crippen molar-refractivity contribution in [1.29, 1.82) is 0 Å². The second-order valence-corrected chi connectivity index (χ2v) is 10.0. The van der Waals surface area contributed by atoms with Gasteiger partial charge in [0.15, 0.2) is 0 Å². The van der Waals surface area contributed by atoms with Crippen molar-refractivity contribution in [2.75, 3.05) is 6.54 Å². The Labute approximate surface area is 213 Å². The number of aliphatic hydroxyl groups is 4. The van der Waals surface area contributed by atoms with Crippen molar-refractivity contribution in [3.63, 3.8) is 0 Å². The van der Waals surface area contributed by atoms with E-state index in [4.69, 9.17) is 20.7 Å². The van der Waals surface area contributed by atoms with Gasteiger partial charge in [-0.15, -0.1) is 0 Å². The molecule has 11 heteroatoms. The molecule has 11 nitrogen and oxygen atoms in total. The van der Waals surface area contributed by atoms with E-state index >= 15 is 0 Å². The average Bonchev–Trinajstić information content (AvgIpc) is 2.78. The molecule has 0 aliphatic heterocycles. The Bertz CT molecular complexity index is 646. The SMILES string of the molecule is CCC(C)C(OC(=O)CC(CC(=O)O)C(=O)O)C(O)CC(C)CC(O)CCCCC(O)CC(O)CN. The second-order valence-electron chi connectivity index (χ2n) is 10.0. The van der Waals surface area contributed by atoms with Crippen molar-refractivity contribution >= 4 is 17.9 Å². The minimum Gasteiger partial charge on any atom is -0.481 e. The van der Waals surface area contributed by atoms with Gasteiger partial charge < -0.3 is 41.1 Å². The molecule has 0 bridgehead atoms. The number of hydrogen-bond acceptors (Lipinski definition) is 9. The van der Waals surface area contributed by atoms with E-state index in [1.807, 2.05) is 13.8 Å². The number of aliphatic carboxylic acids is 2. The number of ether oxygens (including phenoxy) is 1. The summed E-state index contributed by atoms with van der Waals surface area (Å²) in [6.07, 6.45) is -1.25. The summed E-state index contributed by atoms with van der Waals surface area (Å²) in [5.74, 6) is -5.33. The predicted octanol–water partition coefficient (Wildman–Crippen LogP) is 1.28. The summed E-state index contributed by atoms with van der Waals surface area (Å²) >= 11 is 0. The lowest BCUT2D eigenvalue weighted by Gasteiger charge is -2.30. The molecule has 0 heterocycles. The maximum atomic E-state index is 12.3. The lowest BCUT2D eigenvalue weighted by Crippen LogP contribution is -2.38. The molecular formula is C25H47NO10. The smallest absolute Gasteiger partial charge is 0.307 e. The van der Waals surface area contributed by atoms with Crippen LogP contribution in [0.2, 0.25) is 0 Å². The first-order chi connectivity index (χ1) is 16.8. The first kappa shape index (κ1) is 34.2. The van der Waals surface area contributed by atoms with Gasteiger partial charge in [-0.25, -0.2) is 0 Å². The third kappa shape index (κ3) is 15.4. The standard InChI is InChI=1S/C25H47NO10/c1-4-16(3)24(36-23(33)12-17(25(34)35)11-22(31)32)21(30)10-15(2)9-18(27)7-5-6-8-19(28)13-20(29)14-26/h15-21,24,27-30H,4-14,26H2,1-3H3,(H,31,32)(H,34,35). The summed E-state index contributed by atoms with van der Waals surface area (Å²) in [6, 6.07) is 0. The van der Waals surface area contributed by atoms with Crippen LogP contribution in [0, 0.1) is 17.8 Å². The quantitative estimate of drug-likeness (QED) is 0.0845. The van der Waals surface area contributed by atoms with Gasteiger partial charge in [-0.3, -0.25) is 14.4 Å². The number of rotatable bonds is 21. The highest BCUT2D eigenvalue weighted by atomic mass is 16.6. The molecule has 8 N–H and O–H groups in total. The number of carboxylic acids is 2. The molecule has 36 heavy (non-hydrogen) atoms. The first-order valence-corrected chi connectivity index (χ1v) is 12.9. The number of nitrogens with two attached hydrogens (primary N) is 1. The summed E-state index contributed by atoms with van der Waals surface area (Å²) in [7, 11) is 0. The van der Waals surface area contributed by atoms with Crippen LogP contribution in [0.25, 0.3) is 0 Å². The molecule has 0 aromatic carbocycles. The van der Waals surface area contributed by atoms with Crippen LogP contribution in [0.3, 0.4) is 0 Å². The molecule has 0 aliphatic carbocycles. The van der Waals surface area contributed by atoms with Crippen molar-refractivity contribution in [2.24, 2.45) is 23.5 Å². The van der Waals surface area contributed by atoms with E-state index in [9.17, 15) is 34.8 Å². The van der Waals surface area contributed by atoms with Gasteiger partial charge in [0.2, 0.25) is 0 Å². The molecule has 0 radical (unpaired) electrons. The molecule has 0 aromatic heterocycles. The van der Waals surface area contributed by atoms with Crippen molar-refractivity contribution < 1.29 is 49.8 Å². The third-order valence-corrected chi connectivity index (χ3v) is 6.49. The zero-order chi connectivity index (χ0) is 27.8. The molecule has 0 aromatic rings. The topological polar surface area (TPSA) is 208 Å². The van der Waals surface area contributed by atoms with Crippen LogP contribution in [0.5, 0.6) is 0 Å². The van der Waals surface area contributed by atoms with Gasteiger partial charge in [-0.1, -0.05) is 33.6 Å². The van der Waals surface area contributed by atoms with Crippen molar-refractivity contribution in [3.05, 3.63) is 0 Å². The van der Waals surface area contributed by atoms with Crippen LogP contribution in [0.4, 0.5) is 0 Å². The number of aliphatic hydroxyl groups excluding tert-OH is 4. The van der Waals surface area contributed by atoms with Crippen LogP contribution in [0.1, 0.15) is 85.0 Å². The van der Waals surface area contributed by atoms with Gasteiger partial charge in [0.25, 0.3) is 0 Å². The van der Waals surface area contributed by atoms with Crippen molar-refractivity contribution in [2.45, 2.75) is 115 Å². The minimum absolute atomic E-state index is 0.0932. The van der Waals surface area contributed by atoms with Gasteiger partial charge >= 0.3 is 17.9 Å². The molecule has 212 valence electrons. The van der Waals surface area contributed by atoms with E-state index in [0.29, 0.717) is 38.5 Å². The zero-order valence-corrected chi connectivity index (χ0v) is 21.8. The van der Waals surface area contributed by atoms with Crippen LogP contribution in [-0.4, -0.2) is 85.6 Å². The van der Waals surface area contributed by atoms with Gasteiger partial charge in [-0.05, 0) is 43.9 Å². The summed E-state index contributed by atoms with van der Waals surface area (Å²) in [6.45, 7) is 5.63. The van der Waals surface area contributed by atoms with E-state index in [2.05, 4.69) is 0 Å². The van der Waals surface area contributed by atoms with E-state index in [-0.39, 0.29) is 31.2 Å². The molecule has 8 unspecified atom stereocenters. The summed E-state index contributed by atoms with van der Waals surface area (Å²) < 4.78 is 5.41. The Hall–Kier alpha value is -1.79. The van der Waals surface area contributed by atoms with Crippen LogP contribution >= 0.6 is 0 Å². The number of carbonyl (C=O) groups excluding carboxylic acids is 1. The number of esters is 1. The molecule has 0 fully saturated rings. The molecule has 0 saturated carbocycles. The van der Waals surface area contributed by atoms with Crippen molar-refractivity contribution in [3.8, 4) is 0 Å². The van der Waals surface area contributed by atoms with Gasteiger partial charge in [0.1, 0.15) is 6.10 Å². The maximum absolute atomic E-state index is 12.3. The summed E-state index contributed by atoms with van der Waals surface area (Å²) in [4.78, 5) is 34.4. The van der Waals surface area contributed by atoms with Gasteiger partial charge in [-0.2, -0.15) is 0 Å². The fourth-order valence-corrected chi connectivity index (χ4v) is 4.18. The largest absolute Gasteiger partial charge is 0.481 e. The number of carboxylic acid groups (broad SMARTS) is 2. The molecule has 0 saturated heterocycles. The monoisotopic (exact) mass is 521 g/mol. The Morgan fingerprint density at radius 2 is 1.39 bits per heavy atom. The third-order valence-electron chi connectivity index (χ3n) is 6.49. The highest BCUT2D eigenvalue weighted by Crippen LogP contribution is 2.25. The Morgan fingerprint density at radius 3 is 1.86 bits per heavy atom. The summed E-state index contributed by atoms with van der Waals surface area (Å²) in [5.41, 5.74) is 5.33. The fourth-order valence-electron chi connectivity index (χ4n) is 4.18. The number of hydrogen-bond donors (Lipinski definition) is 7.